The number of nitro groups is 1. The van der Waals surface area contributed by atoms with Gasteiger partial charge >= 0.3 is 5.69 Å². The number of rotatable bonds is 7. The molecule has 1 aromatic carbocycles. The number of ether oxygens (including phenoxy) is 1. The van der Waals surface area contributed by atoms with Gasteiger partial charge in [0.2, 0.25) is 0 Å². The number of para-hydroxylation sites is 2. The molecule has 0 aliphatic rings. The van der Waals surface area contributed by atoms with Gasteiger partial charge in [0.25, 0.3) is 0 Å². The van der Waals surface area contributed by atoms with Crippen LogP contribution < -0.4 is 4.74 Å². The molecule has 0 saturated heterocycles. The first-order valence-corrected chi connectivity index (χ1v) is 9.02. The van der Waals surface area contributed by atoms with E-state index in [0.717, 1.165) is 6.42 Å². The smallest absolute Gasteiger partial charge is 0.310 e. The van der Waals surface area contributed by atoms with Gasteiger partial charge in [-0.1, -0.05) is 31.3 Å². The van der Waals surface area contributed by atoms with Crippen molar-refractivity contribution < 1.29 is 9.66 Å². The summed E-state index contributed by atoms with van der Waals surface area (Å²) in [6.07, 6.45) is 2.85. The van der Waals surface area contributed by atoms with Crippen LogP contribution in [0.5, 0.6) is 5.75 Å². The minimum Gasteiger partial charge on any atom is -0.487 e. The summed E-state index contributed by atoms with van der Waals surface area (Å²) in [6, 6.07) is 6.47. The molecule has 0 aromatic heterocycles. The third-order valence-electron chi connectivity index (χ3n) is 2.93. The van der Waals surface area contributed by atoms with Gasteiger partial charge < -0.3 is 4.74 Å². The molecule has 18 heavy (non-hydrogen) atoms. The van der Waals surface area contributed by atoms with Gasteiger partial charge in [-0.2, -0.15) is 0 Å². The number of nitrogens with zero attached hydrogens (tertiary/aromatic N) is 1. The summed E-state index contributed by atoms with van der Waals surface area (Å²) in [4.78, 5) is 10.4. The summed E-state index contributed by atoms with van der Waals surface area (Å²) in [7, 11) is -0.775. The lowest BCUT2D eigenvalue weighted by Gasteiger charge is -2.15. The standard InChI is InChI=1S/C13H19NO3Si/c1-4-11(18(2)3)9-10-17-13-8-6-5-7-12(13)14(15)16/h4-8,11,18H,1,9-10H2,2-3H3. The molecule has 1 atom stereocenters. The zero-order valence-electron chi connectivity index (χ0n) is 10.8. The van der Waals surface area contributed by atoms with Gasteiger partial charge in [-0.25, -0.2) is 0 Å². The molecular weight excluding hydrogens is 246 g/mol. The van der Waals surface area contributed by atoms with E-state index in [9.17, 15) is 10.1 Å². The fourth-order valence-electron chi connectivity index (χ4n) is 1.76. The van der Waals surface area contributed by atoms with E-state index in [1.54, 1.807) is 18.2 Å². The van der Waals surface area contributed by atoms with E-state index in [4.69, 9.17) is 4.74 Å². The lowest BCUT2D eigenvalue weighted by molar-refractivity contribution is -0.385. The van der Waals surface area contributed by atoms with Gasteiger partial charge in [-0.15, -0.1) is 6.58 Å². The van der Waals surface area contributed by atoms with Crippen molar-refractivity contribution in [1.82, 2.24) is 0 Å². The summed E-state index contributed by atoms with van der Waals surface area (Å²) in [6.45, 7) is 8.84. The molecule has 1 unspecified atom stereocenters. The van der Waals surface area contributed by atoms with E-state index in [0.29, 0.717) is 17.9 Å². The third kappa shape index (κ3) is 3.99. The molecule has 0 aliphatic carbocycles. The van der Waals surface area contributed by atoms with Crippen molar-refractivity contribution in [1.29, 1.82) is 0 Å². The molecule has 0 spiro atoms. The number of nitro benzene ring substituents is 1. The Bertz CT molecular complexity index is 420. The Balaban J connectivity index is 2.59. The molecule has 0 bridgehead atoms. The topological polar surface area (TPSA) is 52.4 Å². The minimum absolute atomic E-state index is 0.0226. The van der Waals surface area contributed by atoms with E-state index < -0.39 is 13.7 Å². The highest BCUT2D eigenvalue weighted by Crippen LogP contribution is 2.26. The van der Waals surface area contributed by atoms with Crippen LogP contribution in [0.15, 0.2) is 36.9 Å². The first kappa shape index (κ1) is 14.4. The van der Waals surface area contributed by atoms with Gasteiger partial charge in [0.05, 0.1) is 11.5 Å². The maximum atomic E-state index is 10.8. The van der Waals surface area contributed by atoms with Gasteiger partial charge in [0.15, 0.2) is 5.75 Å². The average molecular weight is 265 g/mol. The highest BCUT2D eigenvalue weighted by molar-refractivity contribution is 6.58. The van der Waals surface area contributed by atoms with Crippen molar-refractivity contribution in [2.45, 2.75) is 25.1 Å². The fourth-order valence-corrected chi connectivity index (χ4v) is 3.11. The zero-order chi connectivity index (χ0) is 13.5. The van der Waals surface area contributed by atoms with Crippen LogP contribution >= 0.6 is 0 Å². The second kappa shape index (κ2) is 6.96. The highest BCUT2D eigenvalue weighted by atomic mass is 28.3. The summed E-state index contributed by atoms with van der Waals surface area (Å²) >= 11 is 0. The number of benzene rings is 1. The number of hydrogen-bond acceptors (Lipinski definition) is 3. The monoisotopic (exact) mass is 265 g/mol. The van der Waals surface area contributed by atoms with E-state index in [1.807, 2.05) is 6.08 Å². The van der Waals surface area contributed by atoms with Crippen LogP contribution in [0.4, 0.5) is 5.69 Å². The molecule has 0 aliphatic heterocycles. The Hall–Kier alpha value is -1.62. The van der Waals surface area contributed by atoms with Crippen molar-refractivity contribution in [2.75, 3.05) is 6.61 Å². The van der Waals surface area contributed by atoms with Crippen molar-refractivity contribution in [2.24, 2.45) is 0 Å². The molecule has 4 nitrogen and oxygen atoms in total. The largest absolute Gasteiger partial charge is 0.487 e. The Morgan fingerprint density at radius 1 is 1.50 bits per heavy atom. The quantitative estimate of drug-likeness (QED) is 0.328. The van der Waals surface area contributed by atoms with Crippen LogP contribution in [0.2, 0.25) is 18.6 Å². The predicted octanol–water partition coefficient (Wildman–Crippen LogP) is 3.41. The van der Waals surface area contributed by atoms with Gasteiger partial charge in [0.1, 0.15) is 0 Å². The second-order valence-electron chi connectivity index (χ2n) is 4.51. The third-order valence-corrected chi connectivity index (χ3v) is 5.25. The van der Waals surface area contributed by atoms with Crippen LogP contribution in [0.25, 0.3) is 0 Å². The lowest BCUT2D eigenvalue weighted by Crippen LogP contribution is -2.13. The summed E-state index contributed by atoms with van der Waals surface area (Å²) in [5.41, 5.74) is 0.530. The minimum atomic E-state index is -0.775. The maximum Gasteiger partial charge on any atom is 0.310 e. The fraction of sp³-hybridized carbons (Fsp3) is 0.385. The first-order chi connectivity index (χ1) is 8.56. The van der Waals surface area contributed by atoms with E-state index >= 15 is 0 Å². The van der Waals surface area contributed by atoms with Crippen molar-refractivity contribution in [3.63, 3.8) is 0 Å². The van der Waals surface area contributed by atoms with Gasteiger partial charge in [-0.05, 0) is 18.0 Å². The van der Waals surface area contributed by atoms with Crippen LogP contribution in [0.1, 0.15) is 6.42 Å². The van der Waals surface area contributed by atoms with Gasteiger partial charge in [-0.3, -0.25) is 10.1 Å². The average Bonchev–Trinajstić information content (AvgIpc) is 2.34. The van der Waals surface area contributed by atoms with E-state index in [-0.39, 0.29) is 5.69 Å². The normalized spacial score (nSPS) is 12.2. The molecule has 98 valence electrons. The molecule has 0 amide bonds. The Labute approximate surface area is 109 Å². The molecule has 0 fully saturated rings. The van der Waals surface area contributed by atoms with Gasteiger partial charge in [0, 0.05) is 14.9 Å². The predicted molar refractivity (Wildman–Crippen MR) is 76.0 cm³/mol. The molecule has 0 heterocycles. The zero-order valence-corrected chi connectivity index (χ0v) is 12.0. The SMILES string of the molecule is C=CC(CCOc1ccccc1[N+](=O)[O-])[SiH](C)C. The molecule has 0 radical (unpaired) electrons. The first-order valence-electron chi connectivity index (χ1n) is 6.05. The summed E-state index contributed by atoms with van der Waals surface area (Å²) in [5, 5.41) is 10.8. The lowest BCUT2D eigenvalue weighted by atomic mass is 10.3. The Kier molecular flexibility index (Phi) is 5.58. The molecule has 5 heteroatoms. The second-order valence-corrected chi connectivity index (χ2v) is 7.85. The molecule has 0 N–H and O–H groups in total. The van der Waals surface area contributed by atoms with E-state index in [2.05, 4.69) is 19.7 Å². The van der Waals surface area contributed by atoms with Crippen LogP contribution in [0, 0.1) is 10.1 Å². The highest BCUT2D eigenvalue weighted by Gasteiger charge is 2.15. The van der Waals surface area contributed by atoms with Crippen molar-refractivity contribution >= 4 is 14.5 Å². The Morgan fingerprint density at radius 3 is 2.72 bits per heavy atom. The molecule has 1 aromatic rings. The van der Waals surface area contributed by atoms with E-state index in [1.165, 1.54) is 6.07 Å². The summed E-state index contributed by atoms with van der Waals surface area (Å²) in [5.74, 6) is 0.343. The van der Waals surface area contributed by atoms with Crippen LogP contribution in [0.3, 0.4) is 0 Å². The van der Waals surface area contributed by atoms with Crippen LogP contribution in [-0.4, -0.2) is 20.3 Å². The molecular formula is C13H19NO3Si. The number of allylic oxidation sites excluding steroid dienone is 1. The molecule has 1 rings (SSSR count). The van der Waals surface area contributed by atoms with Crippen molar-refractivity contribution in [3.8, 4) is 5.75 Å². The Morgan fingerprint density at radius 2 is 2.17 bits per heavy atom. The summed E-state index contributed by atoms with van der Waals surface area (Å²) < 4.78 is 5.51. The maximum absolute atomic E-state index is 10.8. The number of hydrogen-bond donors (Lipinski definition) is 0. The van der Waals surface area contributed by atoms with Crippen molar-refractivity contribution in [3.05, 3.63) is 47.0 Å². The molecule has 0 saturated carbocycles. The van der Waals surface area contributed by atoms with Crippen LogP contribution in [-0.2, 0) is 0 Å².